The van der Waals surface area contributed by atoms with E-state index in [1.807, 2.05) is 36.4 Å². The first-order valence-electron chi connectivity index (χ1n) is 12.8. The van der Waals surface area contributed by atoms with Crippen molar-refractivity contribution in [1.29, 1.82) is 0 Å². The molecule has 0 saturated heterocycles. The summed E-state index contributed by atoms with van der Waals surface area (Å²) < 4.78 is 30.1. The Labute approximate surface area is 198 Å². The van der Waals surface area contributed by atoms with Crippen molar-refractivity contribution in [2.45, 2.75) is 77.6 Å². The van der Waals surface area contributed by atoms with E-state index in [1.54, 1.807) is 12.1 Å². The number of hydrogen-bond acceptors (Lipinski definition) is 0. The molecule has 0 unspecified atom stereocenters. The van der Waals surface area contributed by atoms with E-state index in [-0.39, 0.29) is 0 Å². The highest BCUT2D eigenvalue weighted by atomic mass is 19.2. The third-order valence-corrected chi connectivity index (χ3v) is 7.39. The van der Waals surface area contributed by atoms with Crippen molar-refractivity contribution in [3.05, 3.63) is 83.4 Å². The summed E-state index contributed by atoms with van der Waals surface area (Å²) in [5.74, 6) is -0.0602. The maximum absolute atomic E-state index is 15.1. The van der Waals surface area contributed by atoms with Gasteiger partial charge >= 0.3 is 0 Å². The molecule has 0 radical (unpaired) electrons. The normalized spacial score (nSPS) is 18.4. The molecule has 0 aliphatic heterocycles. The summed E-state index contributed by atoms with van der Waals surface area (Å²) in [6, 6.07) is 19.3. The molecule has 1 fully saturated rings. The van der Waals surface area contributed by atoms with Crippen molar-refractivity contribution in [2.24, 2.45) is 5.92 Å². The molecule has 1 aliphatic carbocycles. The van der Waals surface area contributed by atoms with Crippen LogP contribution in [0.2, 0.25) is 0 Å². The van der Waals surface area contributed by atoms with Crippen molar-refractivity contribution >= 4 is 0 Å². The molecule has 3 aromatic rings. The molecule has 0 aromatic heterocycles. The van der Waals surface area contributed by atoms with Crippen LogP contribution >= 0.6 is 0 Å². The van der Waals surface area contributed by atoms with E-state index >= 15 is 8.78 Å². The van der Waals surface area contributed by atoms with E-state index in [4.69, 9.17) is 0 Å². The minimum Gasteiger partial charge on any atom is -0.203 e. The van der Waals surface area contributed by atoms with Crippen LogP contribution in [0.5, 0.6) is 0 Å². The molecule has 0 N–H and O–H groups in total. The largest absolute Gasteiger partial charge is 0.203 e. The van der Waals surface area contributed by atoms with Gasteiger partial charge in [-0.3, -0.25) is 0 Å². The Hall–Kier alpha value is -2.48. The van der Waals surface area contributed by atoms with Crippen molar-refractivity contribution in [1.82, 2.24) is 0 Å². The first-order valence-corrected chi connectivity index (χ1v) is 12.8. The zero-order valence-electron chi connectivity index (χ0n) is 20.0. The first kappa shape index (κ1) is 23.7. The molecule has 1 saturated carbocycles. The number of hydrogen-bond donors (Lipinski definition) is 0. The fraction of sp³-hybridized carbons (Fsp3) is 0.419. The molecule has 1 aliphatic rings. The van der Waals surface area contributed by atoms with Crippen LogP contribution in [0.15, 0.2) is 60.7 Å². The Morgan fingerprint density at radius 2 is 1.21 bits per heavy atom. The van der Waals surface area contributed by atoms with E-state index in [0.29, 0.717) is 22.6 Å². The van der Waals surface area contributed by atoms with Crippen molar-refractivity contribution < 1.29 is 8.78 Å². The molecule has 0 spiro atoms. The molecule has 33 heavy (non-hydrogen) atoms. The third kappa shape index (κ3) is 5.54. The molecule has 3 aromatic carbocycles. The van der Waals surface area contributed by atoms with Gasteiger partial charge in [0.15, 0.2) is 11.6 Å². The highest BCUT2D eigenvalue weighted by Crippen LogP contribution is 2.39. The third-order valence-electron chi connectivity index (χ3n) is 7.39. The van der Waals surface area contributed by atoms with Gasteiger partial charge in [-0.25, -0.2) is 8.78 Å². The predicted octanol–water partition coefficient (Wildman–Crippen LogP) is 9.72. The smallest absolute Gasteiger partial charge is 0.167 e. The second kappa shape index (κ2) is 11.1. The molecular weight excluding hydrogens is 410 g/mol. The number of benzene rings is 3. The lowest BCUT2D eigenvalue weighted by molar-refractivity contribution is 0.304. The number of aryl methyl sites for hydroxylation is 1. The van der Waals surface area contributed by atoms with Crippen LogP contribution in [0.1, 0.15) is 82.3 Å². The van der Waals surface area contributed by atoms with Gasteiger partial charge < -0.3 is 0 Å². The van der Waals surface area contributed by atoms with Crippen LogP contribution in [-0.4, -0.2) is 0 Å². The quantitative estimate of drug-likeness (QED) is 0.323. The van der Waals surface area contributed by atoms with Crippen LogP contribution in [0.25, 0.3) is 22.3 Å². The van der Waals surface area contributed by atoms with Gasteiger partial charge in [-0.2, -0.15) is 0 Å². The minimum absolute atomic E-state index is 0.316. The van der Waals surface area contributed by atoms with Gasteiger partial charge in [-0.15, -0.1) is 0 Å². The molecule has 0 nitrogen and oxygen atoms in total. The fourth-order valence-corrected chi connectivity index (χ4v) is 5.35. The summed E-state index contributed by atoms with van der Waals surface area (Å²) in [5.41, 5.74) is 4.63. The summed E-state index contributed by atoms with van der Waals surface area (Å²) in [6.07, 6.45) is 11.2. The van der Waals surface area contributed by atoms with E-state index in [1.165, 1.54) is 56.1 Å². The van der Waals surface area contributed by atoms with Gasteiger partial charge in [-0.1, -0.05) is 100 Å². The standard InChI is InChI=1S/C31H36F2/c1-3-5-7-23-8-12-24(13-9-23)25-16-18-27(19-17-25)29-21-20-28(30(32)31(29)33)26-14-10-22(6-4-2)11-15-26/h10-11,14-21,23-24H,3-9,12-13H2,1-2H3. The summed E-state index contributed by atoms with van der Waals surface area (Å²) in [4.78, 5) is 0. The monoisotopic (exact) mass is 446 g/mol. The Bertz CT molecular complexity index is 1030. The molecule has 0 bridgehead atoms. The van der Waals surface area contributed by atoms with E-state index in [9.17, 15) is 0 Å². The SMILES string of the molecule is CCCCC1CCC(c2ccc(-c3ccc(-c4ccc(CCC)cc4)c(F)c3F)cc2)CC1. The lowest BCUT2D eigenvalue weighted by Crippen LogP contribution is -2.13. The Morgan fingerprint density at radius 1 is 0.667 bits per heavy atom. The van der Waals surface area contributed by atoms with Crippen molar-refractivity contribution in [3.63, 3.8) is 0 Å². The minimum atomic E-state index is -0.773. The average Bonchev–Trinajstić information content (AvgIpc) is 2.86. The topological polar surface area (TPSA) is 0 Å². The maximum Gasteiger partial charge on any atom is 0.167 e. The number of unbranched alkanes of at least 4 members (excludes halogenated alkanes) is 1. The molecule has 0 amide bonds. The van der Waals surface area contributed by atoms with Gasteiger partial charge in [0, 0.05) is 11.1 Å². The Balaban J connectivity index is 1.47. The van der Waals surface area contributed by atoms with Crippen LogP contribution in [0, 0.1) is 17.6 Å². The van der Waals surface area contributed by atoms with Gasteiger partial charge in [0.1, 0.15) is 0 Å². The van der Waals surface area contributed by atoms with Crippen molar-refractivity contribution in [2.75, 3.05) is 0 Å². The lowest BCUT2D eigenvalue weighted by atomic mass is 9.77. The van der Waals surface area contributed by atoms with Crippen LogP contribution < -0.4 is 0 Å². The summed E-state index contributed by atoms with van der Waals surface area (Å²) in [7, 11) is 0. The van der Waals surface area contributed by atoms with E-state index in [0.717, 1.165) is 24.3 Å². The molecule has 174 valence electrons. The number of rotatable bonds is 8. The van der Waals surface area contributed by atoms with Gasteiger partial charge in [0.05, 0.1) is 0 Å². The fourth-order valence-electron chi connectivity index (χ4n) is 5.35. The summed E-state index contributed by atoms with van der Waals surface area (Å²) in [6.45, 7) is 4.40. The van der Waals surface area contributed by atoms with Gasteiger partial charge in [0.2, 0.25) is 0 Å². The number of halogens is 2. The van der Waals surface area contributed by atoms with Crippen molar-refractivity contribution in [3.8, 4) is 22.3 Å². The molecule has 4 rings (SSSR count). The average molecular weight is 447 g/mol. The molecule has 0 heterocycles. The van der Waals surface area contributed by atoms with E-state index in [2.05, 4.69) is 26.0 Å². The first-order chi connectivity index (χ1) is 16.1. The highest BCUT2D eigenvalue weighted by molar-refractivity contribution is 5.72. The Morgan fingerprint density at radius 3 is 1.73 bits per heavy atom. The molecule has 2 heteroatoms. The van der Waals surface area contributed by atoms with Gasteiger partial charge in [-0.05, 0) is 66.2 Å². The molecule has 0 atom stereocenters. The second-order valence-electron chi connectivity index (χ2n) is 9.72. The second-order valence-corrected chi connectivity index (χ2v) is 9.72. The van der Waals surface area contributed by atoms with Crippen LogP contribution in [0.3, 0.4) is 0 Å². The molecular formula is C31H36F2. The Kier molecular flexibility index (Phi) is 7.96. The van der Waals surface area contributed by atoms with Crippen LogP contribution in [0.4, 0.5) is 8.78 Å². The zero-order chi connectivity index (χ0) is 23.2. The summed E-state index contributed by atoms with van der Waals surface area (Å²) >= 11 is 0. The van der Waals surface area contributed by atoms with E-state index < -0.39 is 11.6 Å². The highest BCUT2D eigenvalue weighted by Gasteiger charge is 2.22. The van der Waals surface area contributed by atoms with Gasteiger partial charge in [0.25, 0.3) is 0 Å². The lowest BCUT2D eigenvalue weighted by Gasteiger charge is -2.29. The van der Waals surface area contributed by atoms with Crippen LogP contribution in [-0.2, 0) is 6.42 Å². The predicted molar refractivity (Wildman–Crippen MR) is 135 cm³/mol. The zero-order valence-corrected chi connectivity index (χ0v) is 20.0. The summed E-state index contributed by atoms with van der Waals surface area (Å²) in [5, 5.41) is 0. The maximum atomic E-state index is 15.1.